The zero-order valence-corrected chi connectivity index (χ0v) is 17.1. The normalized spacial score (nSPS) is 14.3. The predicted octanol–water partition coefficient (Wildman–Crippen LogP) is 3.14. The van der Waals surface area contributed by atoms with Crippen molar-refractivity contribution in [3.63, 3.8) is 0 Å². The lowest BCUT2D eigenvalue weighted by atomic mass is 9.95. The van der Waals surface area contributed by atoms with Gasteiger partial charge < -0.3 is 25.8 Å². The number of rotatable bonds is 7. The molecule has 3 aromatic rings. The number of hydrogen-bond donors (Lipinski definition) is 3. The highest BCUT2D eigenvalue weighted by molar-refractivity contribution is 5.65. The number of nitrogens with zero attached hydrogens (tertiary/aromatic N) is 5. The molecule has 2 aromatic heterocycles. The molecule has 2 heterocycles. The smallest absolute Gasteiger partial charge is 0.249 e. The van der Waals surface area contributed by atoms with Crippen LogP contribution in [0.4, 0.5) is 23.4 Å². The van der Waals surface area contributed by atoms with Crippen molar-refractivity contribution in [2.24, 2.45) is 0 Å². The summed E-state index contributed by atoms with van der Waals surface area (Å²) in [6, 6.07) is 7.69. The van der Waals surface area contributed by atoms with Gasteiger partial charge in [0.2, 0.25) is 11.9 Å². The van der Waals surface area contributed by atoms with Crippen molar-refractivity contribution in [2.75, 3.05) is 30.6 Å². The lowest BCUT2D eigenvalue weighted by Gasteiger charge is -2.23. The summed E-state index contributed by atoms with van der Waals surface area (Å²) >= 11 is 0. The summed E-state index contributed by atoms with van der Waals surface area (Å²) in [5.41, 5.74) is 6.79. The maximum atomic E-state index is 6.09. The number of hydrogen-bond acceptors (Lipinski definition) is 9. The molecular formula is C20H26N8O2. The maximum Gasteiger partial charge on any atom is 0.249 e. The molecular weight excluding hydrogens is 384 g/mol. The van der Waals surface area contributed by atoms with Gasteiger partial charge in [-0.1, -0.05) is 19.3 Å². The van der Waals surface area contributed by atoms with Crippen LogP contribution < -0.4 is 25.8 Å². The Hall–Kier alpha value is -3.56. The Morgan fingerprint density at radius 2 is 1.90 bits per heavy atom. The number of methoxy groups -OCH3 is 2. The summed E-state index contributed by atoms with van der Waals surface area (Å²) in [5, 5.41) is 11.1. The molecule has 10 nitrogen and oxygen atoms in total. The van der Waals surface area contributed by atoms with Crippen LogP contribution in [0.5, 0.6) is 11.5 Å². The molecule has 10 heteroatoms. The lowest BCUT2D eigenvalue weighted by Crippen LogP contribution is -2.23. The zero-order valence-electron chi connectivity index (χ0n) is 17.1. The van der Waals surface area contributed by atoms with Gasteiger partial charge in [0.25, 0.3) is 0 Å². The summed E-state index contributed by atoms with van der Waals surface area (Å²) < 4.78 is 12.1. The molecule has 0 atom stereocenters. The van der Waals surface area contributed by atoms with Crippen molar-refractivity contribution in [1.29, 1.82) is 0 Å². The van der Waals surface area contributed by atoms with Gasteiger partial charge in [0, 0.05) is 18.2 Å². The van der Waals surface area contributed by atoms with Crippen LogP contribution in [0.2, 0.25) is 0 Å². The standard InChI is InChI=1S/C20H26N8O2/c1-29-14-8-9-15(16(10-14)30-2)25-20-26-19(21)28(27-20)18-11-17(22-12-23-18)24-13-6-4-3-5-7-13/h8-13H,3-7H2,1-2H3,(H,22,23,24)(H3,21,25,26,27). The van der Waals surface area contributed by atoms with Crippen LogP contribution in [0, 0.1) is 0 Å². The third kappa shape index (κ3) is 4.37. The van der Waals surface area contributed by atoms with E-state index in [1.165, 1.54) is 30.3 Å². The minimum Gasteiger partial charge on any atom is -0.497 e. The lowest BCUT2D eigenvalue weighted by molar-refractivity contribution is 0.395. The van der Waals surface area contributed by atoms with Crippen molar-refractivity contribution in [2.45, 2.75) is 38.1 Å². The van der Waals surface area contributed by atoms with Crippen molar-refractivity contribution in [3.05, 3.63) is 30.6 Å². The van der Waals surface area contributed by atoms with E-state index in [0.29, 0.717) is 35.0 Å². The van der Waals surface area contributed by atoms with Gasteiger partial charge in [0.1, 0.15) is 23.6 Å². The fraction of sp³-hybridized carbons (Fsp3) is 0.400. The number of ether oxygens (including phenoxy) is 2. The molecule has 4 rings (SSSR count). The maximum absolute atomic E-state index is 6.09. The first kappa shape index (κ1) is 19.7. The monoisotopic (exact) mass is 410 g/mol. The molecule has 0 amide bonds. The molecule has 158 valence electrons. The van der Waals surface area contributed by atoms with Gasteiger partial charge in [-0.3, -0.25) is 0 Å². The molecule has 1 saturated carbocycles. The van der Waals surface area contributed by atoms with Gasteiger partial charge in [-0.15, -0.1) is 5.10 Å². The number of nitrogen functional groups attached to an aromatic ring is 1. The van der Waals surface area contributed by atoms with E-state index in [1.807, 2.05) is 18.2 Å². The number of nitrogens with one attached hydrogen (secondary N) is 2. The highest BCUT2D eigenvalue weighted by Gasteiger charge is 2.16. The number of anilines is 4. The SMILES string of the molecule is COc1ccc(Nc2nc(N)n(-c3cc(NC4CCCCC4)ncn3)n2)c(OC)c1. The second-order valence-electron chi connectivity index (χ2n) is 7.14. The van der Waals surface area contributed by atoms with E-state index in [0.717, 1.165) is 18.7 Å². The van der Waals surface area contributed by atoms with Gasteiger partial charge >= 0.3 is 0 Å². The Morgan fingerprint density at radius 3 is 2.67 bits per heavy atom. The fourth-order valence-corrected chi connectivity index (χ4v) is 3.57. The fourth-order valence-electron chi connectivity index (χ4n) is 3.57. The quantitative estimate of drug-likeness (QED) is 0.538. The van der Waals surface area contributed by atoms with Crippen molar-refractivity contribution in [3.8, 4) is 17.3 Å². The van der Waals surface area contributed by atoms with Crippen LogP contribution in [-0.4, -0.2) is 45.0 Å². The first-order valence-electron chi connectivity index (χ1n) is 9.97. The molecule has 4 N–H and O–H groups in total. The first-order valence-corrected chi connectivity index (χ1v) is 9.97. The summed E-state index contributed by atoms with van der Waals surface area (Å²) in [4.78, 5) is 12.9. The number of benzene rings is 1. The van der Waals surface area contributed by atoms with Crippen LogP contribution in [0.3, 0.4) is 0 Å². The zero-order chi connectivity index (χ0) is 20.9. The van der Waals surface area contributed by atoms with Gasteiger partial charge in [-0.2, -0.15) is 9.67 Å². The van der Waals surface area contributed by atoms with E-state index >= 15 is 0 Å². The molecule has 1 aliphatic rings. The van der Waals surface area contributed by atoms with Crippen LogP contribution in [0.25, 0.3) is 5.82 Å². The second-order valence-corrected chi connectivity index (χ2v) is 7.14. The topological polar surface area (TPSA) is 125 Å². The van der Waals surface area contributed by atoms with E-state index in [4.69, 9.17) is 15.2 Å². The molecule has 0 unspecified atom stereocenters. The summed E-state index contributed by atoms with van der Waals surface area (Å²) in [6.07, 6.45) is 7.61. The van der Waals surface area contributed by atoms with Crippen LogP contribution in [0.1, 0.15) is 32.1 Å². The Balaban J connectivity index is 1.53. The minimum absolute atomic E-state index is 0.215. The summed E-state index contributed by atoms with van der Waals surface area (Å²) in [7, 11) is 3.19. The highest BCUT2D eigenvalue weighted by atomic mass is 16.5. The van der Waals surface area contributed by atoms with Gasteiger partial charge in [0.05, 0.1) is 19.9 Å². The van der Waals surface area contributed by atoms with E-state index in [9.17, 15) is 0 Å². The number of aromatic nitrogens is 5. The van der Waals surface area contributed by atoms with Crippen molar-refractivity contribution in [1.82, 2.24) is 24.7 Å². The highest BCUT2D eigenvalue weighted by Crippen LogP contribution is 2.31. The van der Waals surface area contributed by atoms with Crippen LogP contribution >= 0.6 is 0 Å². The Labute approximate surface area is 174 Å². The van der Waals surface area contributed by atoms with E-state index in [1.54, 1.807) is 20.3 Å². The van der Waals surface area contributed by atoms with Crippen LogP contribution in [0.15, 0.2) is 30.6 Å². The predicted molar refractivity (Wildman–Crippen MR) is 115 cm³/mol. The Bertz CT molecular complexity index is 1000. The van der Waals surface area contributed by atoms with Gasteiger partial charge in [0.15, 0.2) is 5.82 Å². The van der Waals surface area contributed by atoms with Crippen molar-refractivity contribution >= 4 is 23.4 Å². The summed E-state index contributed by atoms with van der Waals surface area (Å²) in [5.74, 6) is 3.14. The van der Waals surface area contributed by atoms with Gasteiger partial charge in [-0.05, 0) is 25.0 Å². The first-order chi connectivity index (χ1) is 14.7. The summed E-state index contributed by atoms with van der Waals surface area (Å²) in [6.45, 7) is 0. The van der Waals surface area contributed by atoms with E-state index in [2.05, 4.69) is 30.7 Å². The van der Waals surface area contributed by atoms with E-state index < -0.39 is 0 Å². The third-order valence-electron chi connectivity index (χ3n) is 5.11. The Morgan fingerprint density at radius 1 is 1.07 bits per heavy atom. The minimum atomic E-state index is 0.215. The molecule has 0 bridgehead atoms. The largest absolute Gasteiger partial charge is 0.497 e. The average Bonchev–Trinajstić information content (AvgIpc) is 3.15. The third-order valence-corrected chi connectivity index (χ3v) is 5.11. The molecule has 0 saturated heterocycles. The second kappa shape index (κ2) is 8.85. The molecule has 0 radical (unpaired) electrons. The van der Waals surface area contributed by atoms with Crippen molar-refractivity contribution < 1.29 is 9.47 Å². The molecule has 1 fully saturated rings. The average molecular weight is 410 g/mol. The molecule has 30 heavy (non-hydrogen) atoms. The number of nitrogens with two attached hydrogens (primary N) is 1. The molecule has 1 aliphatic carbocycles. The van der Waals surface area contributed by atoms with Crippen LogP contribution in [-0.2, 0) is 0 Å². The Kier molecular flexibility index (Phi) is 5.82. The molecule has 0 aliphatic heterocycles. The van der Waals surface area contributed by atoms with E-state index in [-0.39, 0.29) is 5.95 Å². The van der Waals surface area contributed by atoms with Gasteiger partial charge in [-0.25, -0.2) is 9.97 Å². The molecule has 0 spiro atoms. The molecule has 1 aromatic carbocycles.